The Bertz CT molecular complexity index is 929. The minimum atomic E-state index is -0.432. The number of hydrogen-bond acceptors (Lipinski definition) is 5. The lowest BCUT2D eigenvalue weighted by molar-refractivity contribution is -0.123. The molecule has 1 aliphatic rings. The summed E-state index contributed by atoms with van der Waals surface area (Å²) in [7, 11) is 2.04. The minimum Gasteiger partial charge on any atom is -0.437 e. The number of likely N-dealkylation sites (N-methyl/N-ethyl adjacent to an activating group) is 1. The van der Waals surface area contributed by atoms with Crippen LogP contribution in [0, 0.1) is 12.8 Å². The molecule has 2 aromatic rings. The average Bonchev–Trinajstić information content (AvgIpc) is 3.16. The van der Waals surface area contributed by atoms with Gasteiger partial charge in [-0.1, -0.05) is 42.5 Å². The number of fused-ring (bicyclic) bond motifs is 1. The van der Waals surface area contributed by atoms with E-state index in [0.29, 0.717) is 25.5 Å². The van der Waals surface area contributed by atoms with E-state index >= 15 is 0 Å². The zero-order chi connectivity index (χ0) is 23.8. The van der Waals surface area contributed by atoms with E-state index in [1.165, 1.54) is 28.5 Å². The number of nitrogens with one attached hydrogen (secondary N) is 1. The van der Waals surface area contributed by atoms with Crippen molar-refractivity contribution in [3.8, 4) is 0 Å². The van der Waals surface area contributed by atoms with E-state index in [0.717, 1.165) is 31.4 Å². The molecule has 3 rings (SSSR count). The predicted octanol–water partition coefficient (Wildman–Crippen LogP) is 4.10. The second-order valence-corrected chi connectivity index (χ2v) is 10.1. The Hall–Kier alpha value is -2.47. The molecule has 1 aliphatic carbocycles. The highest BCUT2D eigenvalue weighted by Gasteiger charge is 2.28. The Labute approximate surface area is 198 Å². The van der Waals surface area contributed by atoms with Gasteiger partial charge in [-0.25, -0.2) is 0 Å². The van der Waals surface area contributed by atoms with Crippen LogP contribution < -0.4 is 5.32 Å². The van der Waals surface area contributed by atoms with Crippen LogP contribution in [0.3, 0.4) is 0 Å². The van der Waals surface area contributed by atoms with Crippen LogP contribution in [0.1, 0.15) is 48.1 Å². The number of β-amino-alcohol motifs (C(OH)–C–C–N with tert-alkyl or cyclic N) is 1. The maximum atomic E-state index is 10.6. The molecular formula is C28H38N2O3. The zero-order valence-corrected chi connectivity index (χ0v) is 20.4. The van der Waals surface area contributed by atoms with Crippen LogP contribution in [0.5, 0.6) is 0 Å². The standard InChI is InChI=1S/C28H38N2O3/c1-21-13-22(11-12-33-20-31)9-10-26(21)18-30(4)19-27(32)17-29-28(2,3)16-23-14-24-7-5-6-8-25(24)15-23/h5-13,20,23,27,29,32H,14-19H2,1-4H3/b12-11+/t27-/m1/s1. The van der Waals surface area contributed by atoms with Gasteiger partial charge in [0.2, 0.25) is 0 Å². The molecule has 2 aromatic carbocycles. The molecule has 0 spiro atoms. The zero-order valence-electron chi connectivity index (χ0n) is 20.4. The maximum Gasteiger partial charge on any atom is 0.297 e. The Kier molecular flexibility index (Phi) is 8.84. The van der Waals surface area contributed by atoms with Crippen molar-refractivity contribution in [2.45, 2.75) is 58.2 Å². The first kappa shape index (κ1) is 25.2. The van der Waals surface area contributed by atoms with E-state index in [2.05, 4.69) is 72.1 Å². The summed E-state index contributed by atoms with van der Waals surface area (Å²) in [5, 5.41) is 14.2. The van der Waals surface area contributed by atoms with Crippen molar-refractivity contribution in [3.05, 3.63) is 76.5 Å². The van der Waals surface area contributed by atoms with Crippen molar-refractivity contribution in [1.82, 2.24) is 10.2 Å². The van der Waals surface area contributed by atoms with Gasteiger partial charge in [0.25, 0.3) is 6.47 Å². The molecule has 178 valence electrons. The quantitative estimate of drug-likeness (QED) is 0.377. The Morgan fingerprint density at radius 2 is 1.91 bits per heavy atom. The molecular weight excluding hydrogens is 412 g/mol. The highest BCUT2D eigenvalue weighted by molar-refractivity contribution is 5.52. The summed E-state index contributed by atoms with van der Waals surface area (Å²) in [5.41, 5.74) is 6.34. The number of benzene rings is 2. The van der Waals surface area contributed by atoms with Crippen molar-refractivity contribution in [1.29, 1.82) is 0 Å². The fourth-order valence-corrected chi connectivity index (χ4v) is 4.91. The molecule has 5 heteroatoms. The van der Waals surface area contributed by atoms with Crippen molar-refractivity contribution in [2.24, 2.45) is 5.92 Å². The van der Waals surface area contributed by atoms with E-state index in [4.69, 9.17) is 0 Å². The SMILES string of the molecule is Cc1cc(/C=C/OC=O)ccc1CN(C)C[C@H](O)CNC(C)(C)CC1Cc2ccccc2C1. The molecule has 0 unspecified atom stereocenters. The monoisotopic (exact) mass is 450 g/mol. The van der Waals surface area contributed by atoms with Crippen molar-refractivity contribution in [2.75, 3.05) is 20.1 Å². The summed E-state index contributed by atoms with van der Waals surface area (Å²) in [6, 6.07) is 14.9. The third kappa shape index (κ3) is 7.81. The van der Waals surface area contributed by atoms with Crippen LogP contribution in [-0.2, 0) is 28.9 Å². The third-order valence-corrected chi connectivity index (χ3v) is 6.47. The van der Waals surface area contributed by atoms with E-state index in [1.807, 2.05) is 13.1 Å². The summed E-state index contributed by atoms with van der Waals surface area (Å²) in [5.74, 6) is 0.663. The number of carbonyl (C=O) groups is 1. The number of ether oxygens (including phenoxy) is 1. The summed E-state index contributed by atoms with van der Waals surface area (Å²) in [6.45, 7) is 8.91. The molecule has 1 atom stereocenters. The molecule has 2 N–H and O–H groups in total. The van der Waals surface area contributed by atoms with Gasteiger partial charge >= 0.3 is 0 Å². The third-order valence-electron chi connectivity index (χ3n) is 6.47. The molecule has 0 aliphatic heterocycles. The summed E-state index contributed by atoms with van der Waals surface area (Å²) in [6.07, 6.45) is 6.12. The topological polar surface area (TPSA) is 61.8 Å². The highest BCUT2D eigenvalue weighted by atomic mass is 16.5. The molecule has 0 bridgehead atoms. The minimum absolute atomic E-state index is 0.0141. The number of aliphatic hydroxyl groups is 1. The molecule has 0 aromatic heterocycles. The lowest BCUT2D eigenvalue weighted by atomic mass is 9.88. The van der Waals surface area contributed by atoms with E-state index in [-0.39, 0.29) is 5.54 Å². The largest absolute Gasteiger partial charge is 0.437 e. The molecule has 0 heterocycles. The summed E-state index contributed by atoms with van der Waals surface area (Å²) >= 11 is 0. The van der Waals surface area contributed by atoms with E-state index in [9.17, 15) is 9.90 Å². The Morgan fingerprint density at radius 1 is 1.21 bits per heavy atom. The molecule has 0 fully saturated rings. The van der Waals surface area contributed by atoms with Gasteiger partial charge in [-0.15, -0.1) is 0 Å². The number of carbonyl (C=O) groups excluding carboxylic acids is 1. The van der Waals surface area contributed by atoms with Gasteiger partial charge in [-0.3, -0.25) is 9.69 Å². The van der Waals surface area contributed by atoms with Crippen LogP contribution in [0.2, 0.25) is 0 Å². The normalized spacial score (nSPS) is 15.2. The molecule has 0 radical (unpaired) electrons. The van der Waals surface area contributed by atoms with Crippen LogP contribution in [0.25, 0.3) is 6.08 Å². The van der Waals surface area contributed by atoms with Gasteiger partial charge < -0.3 is 15.2 Å². The first-order chi connectivity index (χ1) is 15.8. The second-order valence-electron chi connectivity index (χ2n) is 10.1. The average molecular weight is 451 g/mol. The van der Waals surface area contributed by atoms with Crippen molar-refractivity contribution < 1.29 is 14.6 Å². The summed E-state index contributed by atoms with van der Waals surface area (Å²) < 4.78 is 4.61. The van der Waals surface area contributed by atoms with Crippen LogP contribution in [0.4, 0.5) is 0 Å². The Balaban J connectivity index is 1.42. The molecule has 0 saturated carbocycles. The second kappa shape index (κ2) is 11.6. The van der Waals surface area contributed by atoms with Gasteiger partial charge in [0.15, 0.2) is 0 Å². The van der Waals surface area contributed by atoms with Crippen LogP contribution >= 0.6 is 0 Å². The number of aliphatic hydroxyl groups excluding tert-OH is 1. The number of aryl methyl sites for hydroxylation is 1. The Morgan fingerprint density at radius 3 is 2.55 bits per heavy atom. The van der Waals surface area contributed by atoms with Crippen LogP contribution in [0.15, 0.2) is 48.7 Å². The van der Waals surface area contributed by atoms with Gasteiger partial charge in [0.05, 0.1) is 12.4 Å². The van der Waals surface area contributed by atoms with Crippen LogP contribution in [-0.4, -0.2) is 48.3 Å². The summed E-state index contributed by atoms with van der Waals surface area (Å²) in [4.78, 5) is 12.4. The highest BCUT2D eigenvalue weighted by Crippen LogP contribution is 2.31. The fourth-order valence-electron chi connectivity index (χ4n) is 4.91. The fraction of sp³-hybridized carbons (Fsp3) is 0.464. The van der Waals surface area contributed by atoms with Crippen molar-refractivity contribution >= 4 is 12.5 Å². The maximum absolute atomic E-state index is 10.6. The van der Waals surface area contributed by atoms with Gasteiger partial charge in [-0.05, 0) is 86.9 Å². The lowest BCUT2D eigenvalue weighted by Gasteiger charge is -2.31. The number of rotatable bonds is 12. The van der Waals surface area contributed by atoms with Gasteiger partial charge in [-0.2, -0.15) is 0 Å². The van der Waals surface area contributed by atoms with Gasteiger partial charge in [0, 0.05) is 25.2 Å². The predicted molar refractivity (Wildman–Crippen MR) is 134 cm³/mol. The van der Waals surface area contributed by atoms with E-state index < -0.39 is 6.10 Å². The van der Waals surface area contributed by atoms with Crippen molar-refractivity contribution in [3.63, 3.8) is 0 Å². The number of hydrogen-bond donors (Lipinski definition) is 2. The molecule has 33 heavy (non-hydrogen) atoms. The molecule has 0 saturated heterocycles. The van der Waals surface area contributed by atoms with E-state index in [1.54, 1.807) is 6.08 Å². The smallest absolute Gasteiger partial charge is 0.297 e. The first-order valence-electron chi connectivity index (χ1n) is 11.8. The lowest BCUT2D eigenvalue weighted by Crippen LogP contribution is -2.47. The number of nitrogens with zero attached hydrogens (tertiary/aromatic N) is 1. The van der Waals surface area contributed by atoms with Gasteiger partial charge in [0.1, 0.15) is 0 Å². The first-order valence-corrected chi connectivity index (χ1v) is 11.8. The molecule has 0 amide bonds. The molecule has 5 nitrogen and oxygen atoms in total.